The highest BCUT2D eigenvalue weighted by atomic mass is 32.2. The molecule has 0 aliphatic heterocycles. The molecule has 0 aliphatic carbocycles. The van der Waals surface area contributed by atoms with E-state index in [1.54, 1.807) is 36.4 Å². The molecule has 1 N–H and O–H groups in total. The summed E-state index contributed by atoms with van der Waals surface area (Å²) in [6, 6.07) is 15.3. The Balaban J connectivity index is 1.89. The van der Waals surface area contributed by atoms with Crippen molar-refractivity contribution in [3.63, 3.8) is 0 Å². The first kappa shape index (κ1) is 23.0. The van der Waals surface area contributed by atoms with Gasteiger partial charge in [0.25, 0.3) is 10.0 Å². The highest BCUT2D eigenvalue weighted by molar-refractivity contribution is 8.01. The van der Waals surface area contributed by atoms with E-state index in [2.05, 4.69) is 22.1 Å². The monoisotopic (exact) mass is 474 g/mol. The molecule has 7 nitrogen and oxygen atoms in total. The first-order chi connectivity index (χ1) is 15.0. The van der Waals surface area contributed by atoms with E-state index in [1.807, 2.05) is 19.1 Å². The van der Waals surface area contributed by atoms with Crippen LogP contribution in [0.4, 0.5) is 10.8 Å². The summed E-state index contributed by atoms with van der Waals surface area (Å²) >= 11 is 2.68. The Morgan fingerprint density at radius 1 is 1.16 bits per heavy atom. The lowest BCUT2D eigenvalue weighted by Gasteiger charge is -2.26. The molecular formula is C21H22N4O3S3. The SMILES string of the molecule is C=CCSc1nnc(NC(=O)CN(c2ccccc2CC)S(=O)(=O)c2ccccc2)s1. The third kappa shape index (κ3) is 5.72. The molecule has 10 heteroatoms. The first-order valence-corrected chi connectivity index (χ1v) is 12.7. The number of nitrogens with one attached hydrogen (secondary N) is 1. The molecule has 1 aromatic heterocycles. The van der Waals surface area contributed by atoms with Crippen molar-refractivity contribution in [3.05, 3.63) is 72.8 Å². The van der Waals surface area contributed by atoms with Crippen molar-refractivity contribution in [2.45, 2.75) is 22.6 Å². The van der Waals surface area contributed by atoms with Crippen molar-refractivity contribution in [3.8, 4) is 0 Å². The Morgan fingerprint density at radius 2 is 1.87 bits per heavy atom. The molecule has 1 heterocycles. The lowest BCUT2D eigenvalue weighted by atomic mass is 10.1. The third-order valence-electron chi connectivity index (χ3n) is 4.24. The van der Waals surface area contributed by atoms with Gasteiger partial charge in [-0.1, -0.05) is 72.5 Å². The maximum Gasteiger partial charge on any atom is 0.264 e. The molecule has 0 spiro atoms. The second kappa shape index (κ2) is 10.6. The Labute approximate surface area is 190 Å². The quantitative estimate of drug-likeness (QED) is 0.269. The summed E-state index contributed by atoms with van der Waals surface area (Å²) in [7, 11) is -3.96. The van der Waals surface area contributed by atoms with Crippen LogP contribution in [0.25, 0.3) is 0 Å². The lowest BCUT2D eigenvalue weighted by Crippen LogP contribution is -2.38. The van der Waals surface area contributed by atoms with Crippen LogP contribution in [0.3, 0.4) is 0 Å². The maximum atomic E-state index is 13.4. The second-order valence-electron chi connectivity index (χ2n) is 6.33. The molecule has 0 saturated heterocycles. The van der Waals surface area contributed by atoms with E-state index in [0.717, 1.165) is 9.87 Å². The summed E-state index contributed by atoms with van der Waals surface area (Å²) in [5.74, 6) is 0.182. The zero-order valence-corrected chi connectivity index (χ0v) is 19.3. The average Bonchev–Trinajstić information content (AvgIpc) is 3.23. The minimum absolute atomic E-state index is 0.118. The van der Waals surface area contributed by atoms with Crippen LogP contribution in [0, 0.1) is 0 Å². The highest BCUT2D eigenvalue weighted by Gasteiger charge is 2.28. The third-order valence-corrected chi connectivity index (χ3v) is 7.98. The fourth-order valence-corrected chi connectivity index (χ4v) is 5.82. The summed E-state index contributed by atoms with van der Waals surface area (Å²) < 4.78 is 28.7. The van der Waals surface area contributed by atoms with Gasteiger partial charge in [0.2, 0.25) is 11.0 Å². The van der Waals surface area contributed by atoms with Crippen molar-refractivity contribution in [2.75, 3.05) is 21.9 Å². The molecule has 0 radical (unpaired) electrons. The van der Waals surface area contributed by atoms with Gasteiger partial charge in [-0.3, -0.25) is 14.4 Å². The number of aromatic nitrogens is 2. The van der Waals surface area contributed by atoms with Gasteiger partial charge in [0, 0.05) is 5.75 Å². The number of benzene rings is 2. The van der Waals surface area contributed by atoms with Crippen LogP contribution in [-0.2, 0) is 21.2 Å². The molecule has 1 amide bonds. The van der Waals surface area contributed by atoms with E-state index in [0.29, 0.717) is 27.3 Å². The minimum Gasteiger partial charge on any atom is -0.299 e. The molecule has 3 aromatic rings. The number of hydrogen-bond donors (Lipinski definition) is 1. The van der Waals surface area contributed by atoms with Gasteiger partial charge < -0.3 is 0 Å². The molecule has 0 unspecified atom stereocenters. The lowest BCUT2D eigenvalue weighted by molar-refractivity contribution is -0.114. The van der Waals surface area contributed by atoms with Gasteiger partial charge in [-0.15, -0.1) is 16.8 Å². The molecule has 0 atom stereocenters. The standard InChI is InChI=1S/C21H22N4O3S3/c1-3-14-29-21-24-23-20(30-21)22-19(26)15-25(18-13-9-8-10-16(18)4-2)31(27,28)17-11-6-5-7-12-17/h3,5-13H,1,4,14-15H2,2H3,(H,22,23,26). The van der Waals surface area contributed by atoms with Gasteiger partial charge in [-0.25, -0.2) is 8.42 Å². The number of carbonyl (C=O) groups is 1. The van der Waals surface area contributed by atoms with E-state index in [-0.39, 0.29) is 11.4 Å². The van der Waals surface area contributed by atoms with Crippen LogP contribution in [0.1, 0.15) is 12.5 Å². The number of hydrogen-bond acceptors (Lipinski definition) is 7. The molecule has 2 aromatic carbocycles. The van der Waals surface area contributed by atoms with Gasteiger partial charge in [0.05, 0.1) is 10.6 Å². The molecule has 0 fully saturated rings. The topological polar surface area (TPSA) is 92.3 Å². The zero-order valence-electron chi connectivity index (χ0n) is 16.9. The van der Waals surface area contributed by atoms with Gasteiger partial charge >= 0.3 is 0 Å². The molecule has 3 rings (SSSR count). The van der Waals surface area contributed by atoms with Crippen LogP contribution in [0.5, 0.6) is 0 Å². The Hall–Kier alpha value is -2.69. The van der Waals surface area contributed by atoms with E-state index in [1.165, 1.54) is 35.2 Å². The van der Waals surface area contributed by atoms with Crippen molar-refractivity contribution in [2.24, 2.45) is 0 Å². The van der Waals surface area contributed by atoms with E-state index in [9.17, 15) is 13.2 Å². The number of rotatable bonds is 10. The van der Waals surface area contributed by atoms with E-state index < -0.39 is 15.9 Å². The number of amides is 1. The largest absolute Gasteiger partial charge is 0.299 e. The highest BCUT2D eigenvalue weighted by Crippen LogP contribution is 2.28. The predicted octanol–water partition coefficient (Wildman–Crippen LogP) is 4.21. The fourth-order valence-electron chi connectivity index (χ4n) is 2.81. The predicted molar refractivity (Wildman–Crippen MR) is 126 cm³/mol. The fraction of sp³-hybridized carbons (Fsp3) is 0.190. The van der Waals surface area contributed by atoms with Crippen LogP contribution in [0.15, 0.2) is 76.5 Å². The minimum atomic E-state index is -3.96. The number of para-hydroxylation sites is 1. The number of carbonyl (C=O) groups excluding carboxylic acids is 1. The maximum absolute atomic E-state index is 13.4. The van der Waals surface area contributed by atoms with Gasteiger partial charge in [-0.2, -0.15) is 0 Å². The second-order valence-corrected chi connectivity index (χ2v) is 10.4. The summed E-state index contributed by atoms with van der Waals surface area (Å²) in [5.41, 5.74) is 1.30. The molecule has 0 aliphatic rings. The van der Waals surface area contributed by atoms with Crippen molar-refractivity contribution < 1.29 is 13.2 Å². The summed E-state index contributed by atoms with van der Waals surface area (Å²) in [4.78, 5) is 12.9. The van der Waals surface area contributed by atoms with Crippen molar-refractivity contribution >= 4 is 49.8 Å². The number of sulfonamides is 1. The number of thioether (sulfide) groups is 1. The summed E-state index contributed by atoms with van der Waals surface area (Å²) in [6.45, 7) is 5.21. The first-order valence-electron chi connectivity index (χ1n) is 9.48. The van der Waals surface area contributed by atoms with Gasteiger partial charge in [0.1, 0.15) is 6.54 Å². The molecule has 31 heavy (non-hydrogen) atoms. The summed E-state index contributed by atoms with van der Waals surface area (Å²) in [5, 5.41) is 10.9. The van der Waals surface area contributed by atoms with Crippen LogP contribution < -0.4 is 9.62 Å². The Morgan fingerprint density at radius 3 is 2.58 bits per heavy atom. The number of aryl methyl sites for hydroxylation is 1. The van der Waals surface area contributed by atoms with Crippen LogP contribution in [-0.4, -0.2) is 36.8 Å². The van der Waals surface area contributed by atoms with E-state index in [4.69, 9.17) is 0 Å². The Bertz CT molecular complexity index is 1150. The van der Waals surface area contributed by atoms with Crippen molar-refractivity contribution in [1.29, 1.82) is 0 Å². The molecule has 0 saturated carbocycles. The van der Waals surface area contributed by atoms with Crippen molar-refractivity contribution in [1.82, 2.24) is 10.2 Å². The van der Waals surface area contributed by atoms with Crippen LogP contribution in [0.2, 0.25) is 0 Å². The molecule has 162 valence electrons. The normalized spacial score (nSPS) is 11.1. The summed E-state index contributed by atoms with van der Waals surface area (Å²) in [6.07, 6.45) is 2.38. The van der Waals surface area contributed by atoms with Gasteiger partial charge in [-0.05, 0) is 30.2 Å². The zero-order chi connectivity index (χ0) is 22.3. The smallest absolute Gasteiger partial charge is 0.264 e. The number of nitrogens with zero attached hydrogens (tertiary/aromatic N) is 3. The van der Waals surface area contributed by atoms with E-state index >= 15 is 0 Å². The molecule has 0 bridgehead atoms. The molecular weight excluding hydrogens is 452 g/mol. The number of anilines is 2. The van der Waals surface area contributed by atoms with Gasteiger partial charge in [0.15, 0.2) is 4.34 Å². The Kier molecular flexibility index (Phi) is 7.83. The van der Waals surface area contributed by atoms with Crippen LogP contribution >= 0.6 is 23.1 Å². The average molecular weight is 475 g/mol.